The number of benzene rings is 1. The van der Waals surface area contributed by atoms with Gasteiger partial charge in [-0.25, -0.2) is 0 Å². The van der Waals surface area contributed by atoms with Gasteiger partial charge in [-0.3, -0.25) is 0 Å². The van der Waals surface area contributed by atoms with E-state index < -0.39 is 0 Å². The minimum Gasteiger partial charge on any atom is -0.489 e. The van der Waals surface area contributed by atoms with Crippen LogP contribution in [0.3, 0.4) is 0 Å². The summed E-state index contributed by atoms with van der Waals surface area (Å²) in [5, 5.41) is 3.42. The maximum Gasteiger partial charge on any atom is 0.123 e. The fraction of sp³-hybridized carbons (Fsp3) is 0.684. The van der Waals surface area contributed by atoms with Crippen LogP contribution in [0.5, 0.6) is 5.75 Å². The molecule has 2 rings (SSSR count). The summed E-state index contributed by atoms with van der Waals surface area (Å²) in [5.41, 5.74) is 2.96. The highest BCUT2D eigenvalue weighted by atomic mass is 16.5. The molecule has 21 heavy (non-hydrogen) atoms. The summed E-state index contributed by atoms with van der Waals surface area (Å²) in [6.45, 7) is 15.7. The Morgan fingerprint density at radius 2 is 1.76 bits per heavy atom. The van der Waals surface area contributed by atoms with E-state index in [2.05, 4.69) is 65.1 Å². The lowest BCUT2D eigenvalue weighted by Gasteiger charge is -2.30. The molecular formula is C19H31NO. The van der Waals surface area contributed by atoms with E-state index in [4.69, 9.17) is 4.74 Å². The molecule has 1 aromatic carbocycles. The molecule has 0 radical (unpaired) electrons. The minimum atomic E-state index is 0.0959. The number of ether oxygens (including phenoxy) is 1. The molecule has 1 aromatic rings. The quantitative estimate of drug-likeness (QED) is 0.870. The molecule has 0 aliphatic carbocycles. The van der Waals surface area contributed by atoms with Gasteiger partial charge in [0.1, 0.15) is 11.9 Å². The first kappa shape index (κ1) is 16.4. The summed E-state index contributed by atoms with van der Waals surface area (Å²) in [6.07, 6.45) is 2.66. The zero-order valence-corrected chi connectivity index (χ0v) is 14.5. The summed E-state index contributed by atoms with van der Waals surface area (Å²) in [5.74, 6) is 1.06. The van der Waals surface area contributed by atoms with Crippen LogP contribution >= 0.6 is 0 Å². The van der Waals surface area contributed by atoms with Gasteiger partial charge in [-0.2, -0.15) is 0 Å². The molecule has 0 spiro atoms. The Labute approximate surface area is 130 Å². The number of rotatable bonds is 2. The zero-order chi connectivity index (χ0) is 15.7. The van der Waals surface area contributed by atoms with Crippen LogP contribution in [0, 0.1) is 0 Å². The third kappa shape index (κ3) is 4.23. The number of hydrogen-bond donors (Lipinski definition) is 1. The van der Waals surface area contributed by atoms with Gasteiger partial charge in [0.05, 0.1) is 0 Å². The maximum atomic E-state index is 6.32. The smallest absolute Gasteiger partial charge is 0.123 e. The van der Waals surface area contributed by atoms with Gasteiger partial charge in [0.2, 0.25) is 0 Å². The van der Waals surface area contributed by atoms with Gasteiger partial charge in [0.15, 0.2) is 0 Å². The fourth-order valence-electron chi connectivity index (χ4n) is 2.79. The Morgan fingerprint density at radius 3 is 2.29 bits per heavy atom. The normalized spacial score (nSPS) is 20.4. The summed E-state index contributed by atoms with van der Waals surface area (Å²) < 4.78 is 6.32. The van der Waals surface area contributed by atoms with Crippen molar-refractivity contribution in [1.29, 1.82) is 0 Å². The van der Waals surface area contributed by atoms with Crippen LogP contribution < -0.4 is 10.1 Å². The van der Waals surface area contributed by atoms with Gasteiger partial charge >= 0.3 is 0 Å². The fourth-order valence-corrected chi connectivity index (χ4v) is 2.79. The van der Waals surface area contributed by atoms with Gasteiger partial charge in [0, 0.05) is 6.54 Å². The predicted molar refractivity (Wildman–Crippen MR) is 90.4 cm³/mol. The van der Waals surface area contributed by atoms with Gasteiger partial charge < -0.3 is 10.1 Å². The van der Waals surface area contributed by atoms with E-state index >= 15 is 0 Å². The monoisotopic (exact) mass is 289 g/mol. The van der Waals surface area contributed by atoms with E-state index in [1.165, 1.54) is 17.5 Å². The van der Waals surface area contributed by atoms with E-state index in [0.717, 1.165) is 25.3 Å². The topological polar surface area (TPSA) is 21.3 Å². The van der Waals surface area contributed by atoms with Crippen LogP contribution in [0.1, 0.15) is 65.5 Å². The van der Waals surface area contributed by atoms with Crippen molar-refractivity contribution < 1.29 is 4.74 Å². The molecule has 2 heteroatoms. The summed E-state index contributed by atoms with van der Waals surface area (Å²) >= 11 is 0. The Balaban J connectivity index is 2.31. The third-order valence-corrected chi connectivity index (χ3v) is 4.20. The largest absolute Gasteiger partial charge is 0.489 e. The van der Waals surface area contributed by atoms with Gasteiger partial charge in [-0.1, -0.05) is 53.7 Å². The van der Waals surface area contributed by atoms with Crippen molar-refractivity contribution in [2.24, 2.45) is 0 Å². The SMILES string of the molecule is CC(C)(C)c1ccc(OC2CCCNC2)c(C(C)(C)C)c1. The van der Waals surface area contributed by atoms with Crippen molar-refractivity contribution in [3.8, 4) is 5.75 Å². The lowest BCUT2D eigenvalue weighted by Crippen LogP contribution is -2.37. The molecule has 1 aliphatic rings. The van der Waals surface area contributed by atoms with Gasteiger partial charge in [-0.05, 0) is 47.4 Å². The average molecular weight is 289 g/mol. The molecule has 118 valence electrons. The second-order valence-electron chi connectivity index (χ2n) is 8.30. The molecule has 1 saturated heterocycles. The van der Waals surface area contributed by atoms with Crippen LogP contribution in [-0.2, 0) is 10.8 Å². The molecule has 1 N–H and O–H groups in total. The first-order valence-corrected chi connectivity index (χ1v) is 8.20. The van der Waals surface area contributed by atoms with E-state index in [9.17, 15) is 0 Å². The molecular weight excluding hydrogens is 258 g/mol. The molecule has 1 fully saturated rings. The van der Waals surface area contributed by atoms with Crippen LogP contribution in [0.25, 0.3) is 0 Å². The van der Waals surface area contributed by atoms with Crippen molar-refractivity contribution in [2.75, 3.05) is 13.1 Å². The van der Waals surface area contributed by atoms with Gasteiger partial charge in [0.25, 0.3) is 0 Å². The van der Waals surface area contributed by atoms with Crippen molar-refractivity contribution in [1.82, 2.24) is 5.32 Å². The molecule has 1 atom stereocenters. The van der Waals surface area contributed by atoms with Crippen LogP contribution in [-0.4, -0.2) is 19.2 Å². The Bertz CT molecular complexity index is 473. The second kappa shape index (κ2) is 6.00. The number of nitrogens with one attached hydrogen (secondary N) is 1. The molecule has 1 aliphatic heterocycles. The van der Waals surface area contributed by atoms with Gasteiger partial charge in [-0.15, -0.1) is 0 Å². The molecule has 1 heterocycles. The van der Waals surface area contributed by atoms with Crippen molar-refractivity contribution >= 4 is 0 Å². The number of piperidine rings is 1. The highest BCUT2D eigenvalue weighted by molar-refractivity contribution is 5.43. The summed E-state index contributed by atoms with van der Waals surface area (Å²) in [6, 6.07) is 6.74. The van der Waals surface area contributed by atoms with Crippen molar-refractivity contribution in [3.05, 3.63) is 29.3 Å². The Hall–Kier alpha value is -1.02. The first-order chi connectivity index (χ1) is 9.68. The highest BCUT2D eigenvalue weighted by Crippen LogP contribution is 2.36. The van der Waals surface area contributed by atoms with E-state index in [1.807, 2.05) is 0 Å². The molecule has 0 bridgehead atoms. The lowest BCUT2D eigenvalue weighted by atomic mass is 9.80. The summed E-state index contributed by atoms with van der Waals surface area (Å²) in [4.78, 5) is 0. The van der Waals surface area contributed by atoms with Crippen LogP contribution in [0.2, 0.25) is 0 Å². The Kier molecular flexibility index (Phi) is 4.67. The number of hydrogen-bond acceptors (Lipinski definition) is 2. The van der Waals surface area contributed by atoms with Crippen LogP contribution in [0.15, 0.2) is 18.2 Å². The van der Waals surface area contributed by atoms with E-state index in [0.29, 0.717) is 6.10 Å². The molecule has 0 amide bonds. The molecule has 2 nitrogen and oxygen atoms in total. The minimum absolute atomic E-state index is 0.0959. The second-order valence-corrected chi connectivity index (χ2v) is 8.30. The van der Waals surface area contributed by atoms with Crippen molar-refractivity contribution in [3.63, 3.8) is 0 Å². The summed E-state index contributed by atoms with van der Waals surface area (Å²) in [7, 11) is 0. The Morgan fingerprint density at radius 1 is 1.05 bits per heavy atom. The van der Waals surface area contributed by atoms with E-state index in [-0.39, 0.29) is 10.8 Å². The third-order valence-electron chi connectivity index (χ3n) is 4.20. The molecule has 1 unspecified atom stereocenters. The standard InChI is InChI=1S/C19H31NO/c1-18(2,3)14-9-10-17(16(12-14)19(4,5)6)21-15-8-7-11-20-13-15/h9-10,12,15,20H,7-8,11,13H2,1-6H3. The van der Waals surface area contributed by atoms with E-state index in [1.54, 1.807) is 0 Å². The predicted octanol–water partition coefficient (Wildman–Crippen LogP) is 4.41. The molecule has 0 saturated carbocycles. The first-order valence-electron chi connectivity index (χ1n) is 8.20. The van der Waals surface area contributed by atoms with Crippen molar-refractivity contribution in [2.45, 2.75) is 71.3 Å². The highest BCUT2D eigenvalue weighted by Gasteiger charge is 2.25. The average Bonchev–Trinajstić information content (AvgIpc) is 2.38. The molecule has 0 aromatic heterocycles. The lowest BCUT2D eigenvalue weighted by molar-refractivity contribution is 0.164. The van der Waals surface area contributed by atoms with Crippen LogP contribution in [0.4, 0.5) is 0 Å². The zero-order valence-electron chi connectivity index (χ0n) is 14.5. The maximum absolute atomic E-state index is 6.32.